The second-order valence-electron chi connectivity index (χ2n) is 5.14. The van der Waals surface area contributed by atoms with Crippen molar-refractivity contribution in [2.24, 2.45) is 5.92 Å². The van der Waals surface area contributed by atoms with Crippen molar-refractivity contribution in [2.45, 2.75) is 44.8 Å². The summed E-state index contributed by atoms with van der Waals surface area (Å²) in [5.74, 6) is -1.26. The van der Waals surface area contributed by atoms with Crippen molar-refractivity contribution in [3.63, 3.8) is 0 Å². The lowest BCUT2D eigenvalue weighted by molar-refractivity contribution is -0.184. The monoisotopic (exact) mass is 291 g/mol. The number of alkyl halides is 3. The van der Waals surface area contributed by atoms with Crippen molar-refractivity contribution in [2.75, 3.05) is 5.32 Å². The topological polar surface area (TPSA) is 12.0 Å². The minimum atomic E-state index is -4.13. The molecule has 0 radical (unpaired) electrons. The number of benzene rings is 1. The second kappa shape index (κ2) is 5.61. The molecule has 2 rings (SSSR count). The molecule has 0 bridgehead atoms. The van der Waals surface area contributed by atoms with Gasteiger partial charge in [-0.15, -0.1) is 0 Å². The quantitative estimate of drug-likeness (QED) is 0.791. The van der Waals surface area contributed by atoms with E-state index in [9.17, 15) is 13.2 Å². The maximum atomic E-state index is 13.0. The minimum Gasteiger partial charge on any atom is -0.381 e. The fourth-order valence-electron chi connectivity index (χ4n) is 2.64. The van der Waals surface area contributed by atoms with Gasteiger partial charge in [0, 0.05) is 16.8 Å². The van der Waals surface area contributed by atoms with Gasteiger partial charge in [0.25, 0.3) is 0 Å². The Kier molecular flexibility index (Phi) is 4.29. The molecule has 0 amide bonds. The summed E-state index contributed by atoms with van der Waals surface area (Å²) in [4.78, 5) is 0. The van der Waals surface area contributed by atoms with Crippen LogP contribution >= 0.6 is 11.6 Å². The molecule has 1 aliphatic carbocycles. The molecule has 0 aliphatic heterocycles. The summed E-state index contributed by atoms with van der Waals surface area (Å²) in [6.45, 7) is 1.87. The Hall–Kier alpha value is -0.900. The van der Waals surface area contributed by atoms with E-state index in [1.807, 2.05) is 13.0 Å². The van der Waals surface area contributed by atoms with E-state index < -0.39 is 18.1 Å². The van der Waals surface area contributed by atoms with E-state index in [1.165, 1.54) is 0 Å². The summed E-state index contributed by atoms with van der Waals surface area (Å²) in [5, 5.41) is 3.58. The molecule has 0 heterocycles. The molecule has 1 aromatic rings. The van der Waals surface area contributed by atoms with Crippen LogP contribution < -0.4 is 5.32 Å². The fourth-order valence-corrected chi connectivity index (χ4v) is 2.82. The molecule has 0 aromatic heterocycles. The van der Waals surface area contributed by atoms with Gasteiger partial charge >= 0.3 is 6.18 Å². The predicted octanol–water partition coefficient (Wildman–Crippen LogP) is 5.18. The van der Waals surface area contributed by atoms with Gasteiger partial charge in [-0.1, -0.05) is 30.5 Å². The van der Waals surface area contributed by atoms with Gasteiger partial charge in [-0.25, -0.2) is 0 Å². The van der Waals surface area contributed by atoms with E-state index in [0.717, 1.165) is 12.0 Å². The van der Waals surface area contributed by atoms with Crippen molar-refractivity contribution in [1.29, 1.82) is 0 Å². The molecule has 1 nitrogen and oxygen atoms in total. The molecule has 2 atom stereocenters. The van der Waals surface area contributed by atoms with Gasteiger partial charge in [0.2, 0.25) is 0 Å². The van der Waals surface area contributed by atoms with Gasteiger partial charge in [0.15, 0.2) is 0 Å². The van der Waals surface area contributed by atoms with E-state index in [1.54, 1.807) is 12.1 Å². The van der Waals surface area contributed by atoms with Crippen LogP contribution in [-0.4, -0.2) is 12.2 Å². The van der Waals surface area contributed by atoms with E-state index in [0.29, 0.717) is 23.6 Å². The summed E-state index contributed by atoms with van der Waals surface area (Å²) in [6.07, 6.45) is -1.89. The highest BCUT2D eigenvalue weighted by Gasteiger charge is 2.45. The third-order valence-corrected chi connectivity index (χ3v) is 3.96. The number of halogens is 4. The molecule has 0 spiro atoms. The molecule has 19 heavy (non-hydrogen) atoms. The normalized spacial score (nSPS) is 24.3. The Morgan fingerprint density at radius 3 is 2.58 bits per heavy atom. The Balaban J connectivity index is 2.17. The van der Waals surface area contributed by atoms with Crippen LogP contribution in [0.15, 0.2) is 18.2 Å². The first-order valence-corrected chi connectivity index (χ1v) is 6.85. The third kappa shape index (κ3) is 3.56. The highest BCUT2D eigenvalue weighted by Crippen LogP contribution is 2.39. The van der Waals surface area contributed by atoms with E-state index in [2.05, 4.69) is 5.32 Å². The lowest BCUT2D eigenvalue weighted by Gasteiger charge is -2.34. The smallest absolute Gasteiger partial charge is 0.381 e. The molecule has 106 valence electrons. The zero-order valence-electron chi connectivity index (χ0n) is 10.7. The van der Waals surface area contributed by atoms with E-state index in [-0.39, 0.29) is 6.42 Å². The maximum Gasteiger partial charge on any atom is 0.393 e. The zero-order valence-corrected chi connectivity index (χ0v) is 11.5. The molecule has 1 aromatic carbocycles. The Bertz CT molecular complexity index is 445. The molecule has 1 saturated carbocycles. The minimum absolute atomic E-state index is 0.209. The lowest BCUT2D eigenvalue weighted by atomic mass is 9.83. The molecule has 5 heteroatoms. The number of nitrogens with one attached hydrogen (secondary N) is 1. The number of aryl methyl sites for hydroxylation is 1. The summed E-state index contributed by atoms with van der Waals surface area (Å²) in [6, 6.07) is 4.70. The Morgan fingerprint density at radius 1 is 1.21 bits per heavy atom. The molecular formula is C14H17ClF3N. The van der Waals surface area contributed by atoms with Crippen molar-refractivity contribution >= 4 is 17.3 Å². The van der Waals surface area contributed by atoms with Crippen LogP contribution in [0, 0.1) is 12.8 Å². The van der Waals surface area contributed by atoms with Gasteiger partial charge < -0.3 is 5.32 Å². The van der Waals surface area contributed by atoms with Gasteiger partial charge in [-0.2, -0.15) is 13.2 Å². The van der Waals surface area contributed by atoms with Crippen LogP contribution in [-0.2, 0) is 0 Å². The highest BCUT2D eigenvalue weighted by molar-refractivity contribution is 6.30. The zero-order chi connectivity index (χ0) is 14.0. The van der Waals surface area contributed by atoms with Crippen LogP contribution in [0.2, 0.25) is 5.02 Å². The summed E-state index contributed by atoms with van der Waals surface area (Å²) < 4.78 is 39.0. The average Bonchev–Trinajstić information content (AvgIpc) is 2.33. The summed E-state index contributed by atoms with van der Waals surface area (Å²) in [7, 11) is 0. The molecule has 1 N–H and O–H groups in total. The first-order chi connectivity index (χ1) is 8.88. The van der Waals surface area contributed by atoms with E-state index >= 15 is 0 Å². The summed E-state index contributed by atoms with van der Waals surface area (Å²) in [5.41, 5.74) is 1.62. The van der Waals surface area contributed by atoms with Gasteiger partial charge in [0.05, 0.1) is 5.92 Å². The highest BCUT2D eigenvalue weighted by atomic mass is 35.5. The third-order valence-electron chi connectivity index (χ3n) is 3.73. The largest absolute Gasteiger partial charge is 0.393 e. The first kappa shape index (κ1) is 14.5. The second-order valence-corrected chi connectivity index (χ2v) is 5.58. The fraction of sp³-hybridized carbons (Fsp3) is 0.571. The van der Waals surface area contributed by atoms with Crippen LogP contribution in [0.3, 0.4) is 0 Å². The van der Waals surface area contributed by atoms with Gasteiger partial charge in [-0.05, 0) is 37.5 Å². The maximum absolute atomic E-state index is 13.0. The lowest BCUT2D eigenvalue weighted by Crippen LogP contribution is -2.41. The van der Waals surface area contributed by atoms with Crippen LogP contribution in [0.5, 0.6) is 0 Å². The number of hydrogen-bond donors (Lipinski definition) is 1. The van der Waals surface area contributed by atoms with Crippen molar-refractivity contribution in [1.82, 2.24) is 0 Å². The van der Waals surface area contributed by atoms with Crippen LogP contribution in [0.4, 0.5) is 18.9 Å². The van der Waals surface area contributed by atoms with Gasteiger partial charge in [-0.3, -0.25) is 0 Å². The van der Waals surface area contributed by atoms with Crippen LogP contribution in [0.25, 0.3) is 0 Å². The first-order valence-electron chi connectivity index (χ1n) is 6.47. The molecule has 1 aliphatic rings. The van der Waals surface area contributed by atoms with Crippen LogP contribution in [0.1, 0.15) is 31.2 Å². The Labute approximate surface area is 116 Å². The SMILES string of the molecule is Cc1ccc(Cl)cc1NC1CCCCC1C(F)(F)F. The number of anilines is 1. The molecule has 0 saturated heterocycles. The summed E-state index contributed by atoms with van der Waals surface area (Å²) >= 11 is 5.90. The molecule has 1 fully saturated rings. The van der Waals surface area contributed by atoms with E-state index in [4.69, 9.17) is 11.6 Å². The number of rotatable bonds is 2. The van der Waals surface area contributed by atoms with Crippen molar-refractivity contribution < 1.29 is 13.2 Å². The molecule has 2 unspecified atom stereocenters. The van der Waals surface area contributed by atoms with Crippen molar-refractivity contribution in [3.8, 4) is 0 Å². The average molecular weight is 292 g/mol. The Morgan fingerprint density at radius 2 is 1.89 bits per heavy atom. The predicted molar refractivity (Wildman–Crippen MR) is 71.6 cm³/mol. The molecular weight excluding hydrogens is 275 g/mol. The standard InChI is InChI=1S/C14H17ClF3N/c1-9-6-7-10(15)8-13(9)19-12-5-3-2-4-11(12)14(16,17)18/h6-8,11-12,19H,2-5H2,1H3. The van der Waals surface area contributed by atoms with Gasteiger partial charge in [0.1, 0.15) is 0 Å². The van der Waals surface area contributed by atoms with Crippen molar-refractivity contribution in [3.05, 3.63) is 28.8 Å². The number of hydrogen-bond acceptors (Lipinski definition) is 1.